The highest BCUT2D eigenvalue weighted by Gasteiger charge is 2.20. The topological polar surface area (TPSA) is 66.5 Å². The quantitative estimate of drug-likeness (QED) is 0.636. The summed E-state index contributed by atoms with van der Waals surface area (Å²) in [5.41, 5.74) is 2.74. The molecule has 0 saturated carbocycles. The summed E-state index contributed by atoms with van der Waals surface area (Å²) in [7, 11) is -3.37. The molecule has 1 amide bonds. The molecule has 0 aromatic carbocycles. The minimum Gasteiger partial charge on any atom is -0.355 e. The van der Waals surface area contributed by atoms with E-state index in [0.29, 0.717) is 13.1 Å². The SMILES string of the molecule is CS(=O)(=O)N(CCC1=CCCCC1)CC(=O)NCCC1=CCCCC1. The van der Waals surface area contributed by atoms with Gasteiger partial charge in [0, 0.05) is 13.1 Å². The van der Waals surface area contributed by atoms with Crippen molar-refractivity contribution in [1.29, 1.82) is 0 Å². The maximum Gasteiger partial charge on any atom is 0.235 e. The summed E-state index contributed by atoms with van der Waals surface area (Å²) < 4.78 is 25.3. The molecular formula is C19H32N2O3S. The summed E-state index contributed by atoms with van der Waals surface area (Å²) in [4.78, 5) is 12.1. The lowest BCUT2D eigenvalue weighted by atomic mass is 9.97. The number of amides is 1. The summed E-state index contributed by atoms with van der Waals surface area (Å²) >= 11 is 0. The van der Waals surface area contributed by atoms with Crippen molar-refractivity contribution >= 4 is 15.9 Å². The number of sulfonamides is 1. The molecule has 0 aromatic heterocycles. The lowest BCUT2D eigenvalue weighted by molar-refractivity contribution is -0.121. The Kier molecular flexibility index (Phi) is 8.16. The van der Waals surface area contributed by atoms with Gasteiger partial charge < -0.3 is 5.32 Å². The minimum atomic E-state index is -3.37. The third-order valence-corrected chi connectivity index (χ3v) is 6.26. The van der Waals surface area contributed by atoms with Gasteiger partial charge in [-0.15, -0.1) is 0 Å². The normalized spacial score (nSPS) is 18.6. The second-order valence-corrected chi connectivity index (χ2v) is 9.15. The van der Waals surface area contributed by atoms with Crippen molar-refractivity contribution in [2.75, 3.05) is 25.9 Å². The highest BCUT2D eigenvalue weighted by Crippen LogP contribution is 2.21. The minimum absolute atomic E-state index is 0.0782. The van der Waals surface area contributed by atoms with Crippen LogP contribution in [-0.2, 0) is 14.8 Å². The van der Waals surface area contributed by atoms with Gasteiger partial charge in [-0.3, -0.25) is 4.79 Å². The first-order chi connectivity index (χ1) is 11.9. The lowest BCUT2D eigenvalue weighted by Gasteiger charge is -2.21. The van der Waals surface area contributed by atoms with Crippen LogP contribution in [0, 0.1) is 0 Å². The zero-order chi connectivity index (χ0) is 18.1. The summed E-state index contributed by atoms with van der Waals surface area (Å²) in [6.45, 7) is 0.905. The molecule has 0 bridgehead atoms. The molecule has 0 spiro atoms. The summed E-state index contributed by atoms with van der Waals surface area (Å²) in [6, 6.07) is 0. The van der Waals surface area contributed by atoms with Gasteiger partial charge in [0.2, 0.25) is 15.9 Å². The first-order valence-electron chi connectivity index (χ1n) is 9.53. The highest BCUT2D eigenvalue weighted by molar-refractivity contribution is 7.88. The predicted octanol–water partition coefficient (Wildman–Crippen LogP) is 3.15. The maximum atomic E-state index is 12.1. The van der Waals surface area contributed by atoms with Crippen LogP contribution >= 0.6 is 0 Å². The number of nitrogens with one attached hydrogen (secondary N) is 1. The number of carbonyl (C=O) groups excluding carboxylic acids is 1. The highest BCUT2D eigenvalue weighted by atomic mass is 32.2. The van der Waals surface area contributed by atoms with Crippen LogP contribution in [0.15, 0.2) is 23.3 Å². The van der Waals surface area contributed by atoms with E-state index < -0.39 is 10.0 Å². The smallest absolute Gasteiger partial charge is 0.235 e. The van der Waals surface area contributed by atoms with Crippen molar-refractivity contribution in [2.24, 2.45) is 0 Å². The van der Waals surface area contributed by atoms with Crippen LogP contribution in [0.4, 0.5) is 0 Å². The molecule has 0 heterocycles. The molecule has 0 aromatic rings. The molecule has 0 radical (unpaired) electrons. The summed E-state index contributed by atoms with van der Waals surface area (Å²) in [6.07, 6.45) is 16.6. The fourth-order valence-corrected chi connectivity index (χ4v) is 4.25. The first-order valence-corrected chi connectivity index (χ1v) is 11.4. The predicted molar refractivity (Wildman–Crippen MR) is 102 cm³/mol. The summed E-state index contributed by atoms with van der Waals surface area (Å²) in [5, 5.41) is 2.87. The molecule has 1 N–H and O–H groups in total. The Hall–Kier alpha value is -1.14. The zero-order valence-electron chi connectivity index (χ0n) is 15.4. The standard InChI is InChI=1S/C19H32N2O3S/c1-25(23,24)21(15-13-18-10-6-3-7-11-18)16-19(22)20-14-12-17-8-4-2-5-9-17/h8,10H,2-7,9,11-16H2,1H3,(H,20,22). The molecule has 2 aliphatic rings. The fourth-order valence-electron chi connectivity index (χ4n) is 3.47. The van der Waals surface area contributed by atoms with Gasteiger partial charge in [-0.1, -0.05) is 23.3 Å². The van der Waals surface area contributed by atoms with Crippen LogP contribution in [0.2, 0.25) is 0 Å². The molecule has 5 nitrogen and oxygen atoms in total. The van der Waals surface area contributed by atoms with Gasteiger partial charge in [0.25, 0.3) is 0 Å². The van der Waals surface area contributed by atoms with Crippen molar-refractivity contribution in [3.05, 3.63) is 23.3 Å². The monoisotopic (exact) mass is 368 g/mol. The average Bonchev–Trinajstić information content (AvgIpc) is 2.59. The van der Waals surface area contributed by atoms with Gasteiger partial charge >= 0.3 is 0 Å². The van der Waals surface area contributed by atoms with Gasteiger partial charge in [-0.05, 0) is 64.2 Å². The molecule has 2 aliphatic carbocycles. The van der Waals surface area contributed by atoms with Crippen molar-refractivity contribution in [3.63, 3.8) is 0 Å². The second kappa shape index (κ2) is 10.1. The second-order valence-electron chi connectivity index (χ2n) is 7.16. The molecule has 2 rings (SSSR count). The van der Waals surface area contributed by atoms with Crippen LogP contribution in [0.1, 0.15) is 64.2 Å². The number of hydrogen-bond acceptors (Lipinski definition) is 3. The molecular weight excluding hydrogens is 336 g/mol. The van der Waals surface area contributed by atoms with Crippen LogP contribution in [0.5, 0.6) is 0 Å². The molecule has 142 valence electrons. The van der Waals surface area contributed by atoms with Gasteiger partial charge in [-0.25, -0.2) is 8.42 Å². The third kappa shape index (κ3) is 7.74. The van der Waals surface area contributed by atoms with Gasteiger partial charge in [0.1, 0.15) is 0 Å². The molecule has 6 heteroatoms. The van der Waals surface area contributed by atoms with E-state index in [4.69, 9.17) is 0 Å². The average molecular weight is 369 g/mol. The van der Waals surface area contributed by atoms with E-state index in [1.165, 1.54) is 47.4 Å². The van der Waals surface area contributed by atoms with E-state index in [-0.39, 0.29) is 12.5 Å². The van der Waals surface area contributed by atoms with E-state index in [1.807, 2.05) is 0 Å². The van der Waals surface area contributed by atoms with Crippen LogP contribution in [0.3, 0.4) is 0 Å². The van der Waals surface area contributed by atoms with Crippen LogP contribution in [-0.4, -0.2) is 44.5 Å². The number of nitrogens with zero attached hydrogens (tertiary/aromatic N) is 1. The number of allylic oxidation sites excluding steroid dienone is 2. The van der Waals surface area contributed by atoms with E-state index in [1.54, 1.807) is 0 Å². The van der Waals surface area contributed by atoms with E-state index in [0.717, 1.165) is 38.5 Å². The Morgan fingerprint density at radius 2 is 1.64 bits per heavy atom. The van der Waals surface area contributed by atoms with Crippen LogP contribution in [0.25, 0.3) is 0 Å². The van der Waals surface area contributed by atoms with E-state index in [2.05, 4.69) is 17.5 Å². The fraction of sp³-hybridized carbons (Fsp3) is 0.737. The zero-order valence-corrected chi connectivity index (χ0v) is 16.2. The number of carbonyl (C=O) groups is 1. The largest absolute Gasteiger partial charge is 0.355 e. The molecule has 0 aliphatic heterocycles. The van der Waals surface area contributed by atoms with Crippen molar-refractivity contribution in [1.82, 2.24) is 9.62 Å². The Morgan fingerprint density at radius 3 is 2.16 bits per heavy atom. The number of rotatable bonds is 9. The van der Waals surface area contributed by atoms with Crippen molar-refractivity contribution in [3.8, 4) is 0 Å². The summed E-state index contributed by atoms with van der Waals surface area (Å²) in [5.74, 6) is -0.209. The van der Waals surface area contributed by atoms with E-state index in [9.17, 15) is 13.2 Å². The third-order valence-electron chi connectivity index (χ3n) is 5.01. The number of hydrogen-bond donors (Lipinski definition) is 1. The van der Waals surface area contributed by atoms with Gasteiger partial charge in [0.15, 0.2) is 0 Å². The van der Waals surface area contributed by atoms with Gasteiger partial charge in [-0.2, -0.15) is 4.31 Å². The van der Waals surface area contributed by atoms with Crippen LogP contribution < -0.4 is 5.32 Å². The van der Waals surface area contributed by atoms with Gasteiger partial charge in [0.05, 0.1) is 12.8 Å². The first kappa shape index (κ1) is 20.2. The van der Waals surface area contributed by atoms with Crippen molar-refractivity contribution < 1.29 is 13.2 Å². The van der Waals surface area contributed by atoms with E-state index >= 15 is 0 Å². The molecule has 0 unspecified atom stereocenters. The molecule has 25 heavy (non-hydrogen) atoms. The van der Waals surface area contributed by atoms with Crippen molar-refractivity contribution in [2.45, 2.75) is 64.2 Å². The Morgan fingerprint density at radius 1 is 1.04 bits per heavy atom. The molecule has 0 fully saturated rings. The Bertz CT molecular complexity index is 608. The maximum absolute atomic E-state index is 12.1. The molecule has 0 atom stereocenters. The Labute approximate surface area is 152 Å². The Balaban J connectivity index is 1.76. The molecule has 0 saturated heterocycles. The lowest BCUT2D eigenvalue weighted by Crippen LogP contribution is -2.41.